The van der Waals surface area contributed by atoms with Crippen LogP contribution in [0.1, 0.15) is 24.3 Å². The summed E-state index contributed by atoms with van der Waals surface area (Å²) in [5.74, 6) is -0.652. The summed E-state index contributed by atoms with van der Waals surface area (Å²) in [6.07, 6.45) is 1.51. The Bertz CT molecular complexity index is 445. The predicted octanol–water partition coefficient (Wildman–Crippen LogP) is 0.363. The minimum absolute atomic E-state index is 0.0547. The molecule has 98 valence electrons. The van der Waals surface area contributed by atoms with Crippen LogP contribution < -0.4 is 16.4 Å². The fourth-order valence-electron chi connectivity index (χ4n) is 1.52. The Balaban J connectivity index is 2.90. The first-order valence-corrected chi connectivity index (χ1v) is 5.69. The number of hydrogen-bond acceptors (Lipinski definition) is 4. The lowest BCUT2D eigenvalue weighted by Crippen LogP contribution is -2.39. The Hall–Kier alpha value is -2.11. The van der Waals surface area contributed by atoms with E-state index in [1.807, 2.05) is 13.8 Å². The molecule has 18 heavy (non-hydrogen) atoms. The van der Waals surface area contributed by atoms with Gasteiger partial charge in [0.05, 0.1) is 0 Å². The molecule has 0 aliphatic rings. The first-order chi connectivity index (χ1) is 8.45. The van der Waals surface area contributed by atoms with Gasteiger partial charge in [-0.2, -0.15) is 0 Å². The number of anilines is 1. The fourth-order valence-corrected chi connectivity index (χ4v) is 1.52. The summed E-state index contributed by atoms with van der Waals surface area (Å²) >= 11 is 0. The van der Waals surface area contributed by atoms with Gasteiger partial charge in [-0.1, -0.05) is 13.8 Å². The molecule has 1 aromatic rings. The van der Waals surface area contributed by atoms with Crippen LogP contribution in [0.4, 0.5) is 5.69 Å². The Labute approximate surface area is 106 Å². The summed E-state index contributed by atoms with van der Waals surface area (Å²) in [6, 6.07) is 2.78. The van der Waals surface area contributed by atoms with Gasteiger partial charge in [-0.15, -0.1) is 0 Å². The van der Waals surface area contributed by atoms with Crippen LogP contribution in [0.3, 0.4) is 0 Å². The highest BCUT2D eigenvalue weighted by atomic mass is 16.2. The number of aromatic nitrogens is 1. The molecule has 1 aromatic heterocycles. The second-order valence-electron chi connectivity index (χ2n) is 4.28. The molecule has 0 aliphatic heterocycles. The molecule has 1 rings (SSSR count). The van der Waals surface area contributed by atoms with E-state index in [1.54, 1.807) is 12.1 Å². The van der Waals surface area contributed by atoms with Gasteiger partial charge < -0.3 is 16.4 Å². The SMILES string of the molecule is CNC(=O)c1cc(NC(C(N)=O)C(C)C)ccn1. The standard InChI is InChI=1S/C12H18N4O2/c1-7(2)10(11(13)17)16-8-4-5-15-9(6-8)12(18)14-3/h4-7,10H,1-3H3,(H2,13,17)(H,14,18)(H,15,16). The Kier molecular flexibility index (Phi) is 4.65. The lowest BCUT2D eigenvalue weighted by Gasteiger charge is -2.20. The zero-order valence-corrected chi connectivity index (χ0v) is 10.7. The number of hydrogen-bond donors (Lipinski definition) is 3. The maximum atomic E-state index is 11.4. The highest BCUT2D eigenvalue weighted by Crippen LogP contribution is 2.13. The molecule has 0 fully saturated rings. The van der Waals surface area contributed by atoms with E-state index in [4.69, 9.17) is 5.73 Å². The maximum Gasteiger partial charge on any atom is 0.269 e. The van der Waals surface area contributed by atoms with Gasteiger partial charge in [-0.05, 0) is 18.1 Å². The average molecular weight is 250 g/mol. The van der Waals surface area contributed by atoms with Crippen molar-refractivity contribution in [2.75, 3.05) is 12.4 Å². The van der Waals surface area contributed by atoms with Crippen LogP contribution in [-0.2, 0) is 4.79 Å². The third kappa shape index (κ3) is 3.44. The minimum atomic E-state index is -0.482. The van der Waals surface area contributed by atoms with Crippen LogP contribution >= 0.6 is 0 Å². The molecule has 0 bridgehead atoms. The summed E-state index contributed by atoms with van der Waals surface area (Å²) < 4.78 is 0. The van der Waals surface area contributed by atoms with Gasteiger partial charge in [0.2, 0.25) is 5.91 Å². The van der Waals surface area contributed by atoms with Gasteiger partial charge in [0.1, 0.15) is 11.7 Å². The normalized spacial score (nSPS) is 12.0. The summed E-state index contributed by atoms with van der Waals surface area (Å²) in [5.41, 5.74) is 6.24. The largest absolute Gasteiger partial charge is 0.373 e. The Morgan fingerprint density at radius 3 is 2.56 bits per heavy atom. The number of nitrogens with two attached hydrogens (primary N) is 1. The van der Waals surface area contributed by atoms with E-state index in [0.29, 0.717) is 5.69 Å². The van der Waals surface area contributed by atoms with Crippen molar-refractivity contribution in [3.05, 3.63) is 24.0 Å². The number of nitrogens with zero attached hydrogens (tertiary/aromatic N) is 1. The van der Waals surface area contributed by atoms with Crippen LogP contribution in [-0.4, -0.2) is 29.9 Å². The minimum Gasteiger partial charge on any atom is -0.373 e. The summed E-state index contributed by atoms with van der Waals surface area (Å²) in [6.45, 7) is 3.78. The molecular formula is C12H18N4O2. The fraction of sp³-hybridized carbons (Fsp3) is 0.417. The van der Waals surface area contributed by atoms with Gasteiger partial charge in [0.25, 0.3) is 5.91 Å². The predicted molar refractivity (Wildman–Crippen MR) is 69.1 cm³/mol. The maximum absolute atomic E-state index is 11.4. The van der Waals surface area contributed by atoms with E-state index in [2.05, 4.69) is 15.6 Å². The first-order valence-electron chi connectivity index (χ1n) is 5.69. The van der Waals surface area contributed by atoms with Crippen molar-refractivity contribution in [3.63, 3.8) is 0 Å². The number of carbonyl (C=O) groups excluding carboxylic acids is 2. The average Bonchev–Trinajstić information content (AvgIpc) is 2.34. The molecular weight excluding hydrogens is 232 g/mol. The highest BCUT2D eigenvalue weighted by molar-refractivity contribution is 5.93. The number of nitrogens with one attached hydrogen (secondary N) is 2. The van der Waals surface area contributed by atoms with E-state index >= 15 is 0 Å². The van der Waals surface area contributed by atoms with Crippen LogP contribution in [0.5, 0.6) is 0 Å². The monoisotopic (exact) mass is 250 g/mol. The molecule has 0 saturated carbocycles. The van der Waals surface area contributed by atoms with Crippen LogP contribution in [0.15, 0.2) is 18.3 Å². The van der Waals surface area contributed by atoms with Crippen molar-refractivity contribution in [1.29, 1.82) is 0 Å². The Morgan fingerprint density at radius 1 is 1.39 bits per heavy atom. The van der Waals surface area contributed by atoms with Gasteiger partial charge in [0, 0.05) is 18.9 Å². The molecule has 4 N–H and O–H groups in total. The van der Waals surface area contributed by atoms with Gasteiger partial charge in [-0.3, -0.25) is 14.6 Å². The van der Waals surface area contributed by atoms with Crippen molar-refractivity contribution in [1.82, 2.24) is 10.3 Å². The van der Waals surface area contributed by atoms with Crippen LogP contribution in [0.25, 0.3) is 0 Å². The van der Waals surface area contributed by atoms with E-state index < -0.39 is 11.9 Å². The van der Waals surface area contributed by atoms with Crippen molar-refractivity contribution >= 4 is 17.5 Å². The third-order valence-corrected chi connectivity index (χ3v) is 2.51. The molecule has 1 heterocycles. The zero-order valence-electron chi connectivity index (χ0n) is 10.7. The number of primary amides is 1. The Morgan fingerprint density at radius 2 is 2.06 bits per heavy atom. The quantitative estimate of drug-likeness (QED) is 0.703. The van der Waals surface area contributed by atoms with Crippen molar-refractivity contribution in [2.24, 2.45) is 11.7 Å². The molecule has 2 amide bonds. The number of carbonyl (C=O) groups is 2. The van der Waals surface area contributed by atoms with Crippen molar-refractivity contribution in [2.45, 2.75) is 19.9 Å². The second kappa shape index (κ2) is 6.00. The number of amides is 2. The van der Waals surface area contributed by atoms with Crippen molar-refractivity contribution in [3.8, 4) is 0 Å². The van der Waals surface area contributed by atoms with Crippen LogP contribution in [0, 0.1) is 5.92 Å². The molecule has 0 aliphatic carbocycles. The smallest absolute Gasteiger partial charge is 0.269 e. The molecule has 6 heteroatoms. The van der Waals surface area contributed by atoms with Crippen molar-refractivity contribution < 1.29 is 9.59 Å². The summed E-state index contributed by atoms with van der Waals surface area (Å²) in [5, 5.41) is 5.49. The van der Waals surface area contributed by atoms with Crippen LogP contribution in [0.2, 0.25) is 0 Å². The van der Waals surface area contributed by atoms with E-state index in [1.165, 1.54) is 13.2 Å². The van der Waals surface area contributed by atoms with Gasteiger partial charge >= 0.3 is 0 Å². The van der Waals surface area contributed by atoms with E-state index in [0.717, 1.165) is 0 Å². The molecule has 1 atom stereocenters. The van der Waals surface area contributed by atoms with Gasteiger partial charge in [0.15, 0.2) is 0 Å². The molecule has 0 saturated heterocycles. The van der Waals surface area contributed by atoms with Gasteiger partial charge in [-0.25, -0.2) is 0 Å². The first kappa shape index (κ1) is 14.0. The summed E-state index contributed by atoms with van der Waals surface area (Å²) in [7, 11) is 1.53. The lowest BCUT2D eigenvalue weighted by atomic mass is 10.0. The molecule has 0 radical (unpaired) electrons. The topological polar surface area (TPSA) is 97.1 Å². The lowest BCUT2D eigenvalue weighted by molar-refractivity contribution is -0.119. The number of rotatable bonds is 5. The molecule has 6 nitrogen and oxygen atoms in total. The molecule has 0 spiro atoms. The van der Waals surface area contributed by atoms with E-state index in [-0.39, 0.29) is 17.5 Å². The number of pyridine rings is 1. The third-order valence-electron chi connectivity index (χ3n) is 2.51. The summed E-state index contributed by atoms with van der Waals surface area (Å²) in [4.78, 5) is 26.7. The second-order valence-corrected chi connectivity index (χ2v) is 4.28. The zero-order chi connectivity index (χ0) is 13.7. The molecule has 1 unspecified atom stereocenters. The van der Waals surface area contributed by atoms with E-state index in [9.17, 15) is 9.59 Å². The molecule has 0 aromatic carbocycles. The highest BCUT2D eigenvalue weighted by Gasteiger charge is 2.19.